The van der Waals surface area contributed by atoms with Crippen LogP contribution in [0.2, 0.25) is 0 Å². The van der Waals surface area contributed by atoms with Gasteiger partial charge >= 0.3 is 0 Å². The van der Waals surface area contributed by atoms with Crippen LogP contribution in [0.25, 0.3) is 0 Å². The minimum Gasteiger partial charge on any atom is -0.494 e. The Bertz CT molecular complexity index is 572. The van der Waals surface area contributed by atoms with Crippen molar-refractivity contribution in [3.8, 4) is 5.75 Å². The van der Waals surface area contributed by atoms with E-state index in [2.05, 4.69) is 12.2 Å². The Morgan fingerprint density at radius 3 is 1.93 bits per heavy atom. The number of amides is 1. The second kappa shape index (κ2) is 15.8. The molecule has 0 fully saturated rings. The summed E-state index contributed by atoms with van der Waals surface area (Å²) in [4.78, 5) is 12.2. The van der Waals surface area contributed by atoms with E-state index in [1.54, 1.807) is 12.1 Å². The number of nitrogens with two attached hydrogens (primary N) is 1. The molecule has 0 aromatic heterocycles. The number of hydrogen-bond donors (Lipinski definition) is 3. The molecule has 0 saturated carbocycles. The number of rotatable bonds is 17. The minimum atomic E-state index is -0.417. The molecule has 0 radical (unpaired) electrons. The van der Waals surface area contributed by atoms with Crippen molar-refractivity contribution in [2.24, 2.45) is 5.73 Å². The lowest BCUT2D eigenvalue weighted by Gasteiger charge is -2.15. The van der Waals surface area contributed by atoms with Gasteiger partial charge in [0.2, 0.25) is 0 Å². The van der Waals surface area contributed by atoms with Crippen LogP contribution < -0.4 is 15.8 Å². The molecule has 1 amide bonds. The molecule has 0 aliphatic rings. The molecule has 164 valence electrons. The maximum atomic E-state index is 12.2. The SMILES string of the molecule is CCCCCCCCCCCCCOc1ccc(C(=O)NC(CC)C(=N)N)cc1. The average molecular weight is 404 g/mol. The fourth-order valence-corrected chi connectivity index (χ4v) is 3.30. The molecule has 4 N–H and O–H groups in total. The van der Waals surface area contributed by atoms with Crippen LogP contribution in [0.3, 0.4) is 0 Å². The van der Waals surface area contributed by atoms with Crippen LogP contribution in [0, 0.1) is 5.41 Å². The van der Waals surface area contributed by atoms with Crippen molar-refractivity contribution in [1.29, 1.82) is 5.41 Å². The van der Waals surface area contributed by atoms with E-state index >= 15 is 0 Å². The number of nitrogens with one attached hydrogen (secondary N) is 2. The zero-order valence-corrected chi connectivity index (χ0v) is 18.5. The highest BCUT2D eigenvalue weighted by Gasteiger charge is 2.14. The smallest absolute Gasteiger partial charge is 0.251 e. The molecule has 0 saturated heterocycles. The standard InChI is InChI=1S/C24H41N3O2/c1-3-5-6-7-8-9-10-11-12-13-14-19-29-21-17-15-20(16-18-21)24(28)27-22(4-2)23(25)26/h15-18,22H,3-14,19H2,1-2H3,(H3,25,26)(H,27,28). The van der Waals surface area contributed by atoms with E-state index in [0.717, 1.165) is 12.2 Å². The van der Waals surface area contributed by atoms with Gasteiger partial charge in [-0.1, -0.05) is 78.1 Å². The van der Waals surface area contributed by atoms with Crippen molar-refractivity contribution in [1.82, 2.24) is 5.32 Å². The number of hydrogen-bond acceptors (Lipinski definition) is 3. The van der Waals surface area contributed by atoms with Crippen LogP contribution in [-0.2, 0) is 0 Å². The number of amidine groups is 1. The Kier molecular flexibility index (Phi) is 13.6. The predicted molar refractivity (Wildman–Crippen MR) is 122 cm³/mol. The van der Waals surface area contributed by atoms with Gasteiger partial charge in [-0.05, 0) is 37.1 Å². The summed E-state index contributed by atoms with van der Waals surface area (Å²) in [7, 11) is 0. The molecular formula is C24H41N3O2. The first-order chi connectivity index (χ1) is 14.1. The first kappa shape index (κ1) is 25.0. The zero-order chi connectivity index (χ0) is 21.3. The molecule has 5 nitrogen and oxygen atoms in total. The van der Waals surface area contributed by atoms with E-state index in [1.165, 1.54) is 64.2 Å². The van der Waals surface area contributed by atoms with Gasteiger partial charge in [0.05, 0.1) is 12.6 Å². The average Bonchev–Trinajstić information content (AvgIpc) is 2.72. The predicted octanol–water partition coefficient (Wildman–Crippen LogP) is 5.82. The van der Waals surface area contributed by atoms with Gasteiger partial charge in [-0.3, -0.25) is 10.2 Å². The van der Waals surface area contributed by atoms with Crippen molar-refractivity contribution in [3.05, 3.63) is 29.8 Å². The number of ether oxygens (including phenoxy) is 1. The number of benzene rings is 1. The Morgan fingerprint density at radius 1 is 0.931 bits per heavy atom. The van der Waals surface area contributed by atoms with E-state index < -0.39 is 6.04 Å². The van der Waals surface area contributed by atoms with Crippen LogP contribution in [0.1, 0.15) is 101 Å². The van der Waals surface area contributed by atoms with E-state index in [-0.39, 0.29) is 11.7 Å². The van der Waals surface area contributed by atoms with Gasteiger partial charge in [0, 0.05) is 5.56 Å². The minimum absolute atomic E-state index is 0.0206. The number of carbonyl (C=O) groups is 1. The second-order valence-electron chi connectivity index (χ2n) is 7.80. The molecule has 1 aromatic carbocycles. The first-order valence-electron chi connectivity index (χ1n) is 11.5. The fraction of sp³-hybridized carbons (Fsp3) is 0.667. The zero-order valence-electron chi connectivity index (χ0n) is 18.5. The number of carbonyl (C=O) groups excluding carboxylic acids is 1. The van der Waals surface area contributed by atoms with Gasteiger partial charge < -0.3 is 15.8 Å². The van der Waals surface area contributed by atoms with E-state index in [4.69, 9.17) is 15.9 Å². The Hall–Kier alpha value is -2.04. The van der Waals surface area contributed by atoms with E-state index in [1.807, 2.05) is 19.1 Å². The highest BCUT2D eigenvalue weighted by atomic mass is 16.5. The molecule has 5 heteroatoms. The van der Waals surface area contributed by atoms with Gasteiger partial charge in [0.1, 0.15) is 11.6 Å². The third-order valence-corrected chi connectivity index (χ3v) is 5.22. The van der Waals surface area contributed by atoms with Crippen molar-refractivity contribution >= 4 is 11.7 Å². The molecule has 1 rings (SSSR count). The number of unbranched alkanes of at least 4 members (excludes halogenated alkanes) is 10. The van der Waals surface area contributed by atoms with Crippen molar-refractivity contribution in [3.63, 3.8) is 0 Å². The van der Waals surface area contributed by atoms with Crippen molar-refractivity contribution in [2.75, 3.05) is 6.61 Å². The Labute approximate surface area is 177 Å². The normalized spacial score (nSPS) is 11.8. The van der Waals surface area contributed by atoms with Gasteiger partial charge in [0.15, 0.2) is 0 Å². The summed E-state index contributed by atoms with van der Waals surface area (Å²) in [5.74, 6) is 0.545. The molecular weight excluding hydrogens is 362 g/mol. The summed E-state index contributed by atoms with van der Waals surface area (Å²) in [6, 6.07) is 6.72. The second-order valence-corrected chi connectivity index (χ2v) is 7.80. The maximum Gasteiger partial charge on any atom is 0.251 e. The molecule has 0 bridgehead atoms. The third-order valence-electron chi connectivity index (χ3n) is 5.22. The van der Waals surface area contributed by atoms with Crippen molar-refractivity contribution in [2.45, 2.75) is 96.9 Å². The van der Waals surface area contributed by atoms with E-state index in [9.17, 15) is 4.79 Å². The Balaban J connectivity index is 2.11. The van der Waals surface area contributed by atoms with Crippen LogP contribution in [0.5, 0.6) is 5.75 Å². The first-order valence-corrected chi connectivity index (χ1v) is 11.5. The van der Waals surface area contributed by atoms with Crippen LogP contribution in [-0.4, -0.2) is 24.4 Å². The topological polar surface area (TPSA) is 88.2 Å². The molecule has 29 heavy (non-hydrogen) atoms. The molecule has 0 aliphatic carbocycles. The van der Waals surface area contributed by atoms with Gasteiger partial charge in [-0.15, -0.1) is 0 Å². The van der Waals surface area contributed by atoms with Gasteiger partial charge in [0.25, 0.3) is 5.91 Å². The summed E-state index contributed by atoms with van der Waals surface area (Å²) < 4.78 is 5.78. The fourth-order valence-electron chi connectivity index (χ4n) is 3.30. The van der Waals surface area contributed by atoms with Crippen molar-refractivity contribution < 1.29 is 9.53 Å². The van der Waals surface area contributed by atoms with Crippen LogP contribution >= 0.6 is 0 Å². The lowest BCUT2D eigenvalue weighted by atomic mass is 10.1. The molecule has 1 aromatic rings. The van der Waals surface area contributed by atoms with Crippen LogP contribution in [0.4, 0.5) is 0 Å². The molecule has 0 heterocycles. The van der Waals surface area contributed by atoms with Gasteiger partial charge in [-0.25, -0.2) is 0 Å². The maximum absolute atomic E-state index is 12.2. The quantitative estimate of drug-likeness (QED) is 0.174. The molecule has 0 spiro atoms. The highest BCUT2D eigenvalue weighted by Crippen LogP contribution is 2.14. The summed E-state index contributed by atoms with van der Waals surface area (Å²) in [6.07, 6.45) is 15.1. The summed E-state index contributed by atoms with van der Waals surface area (Å²) in [5, 5.41) is 10.2. The molecule has 0 aliphatic heterocycles. The summed E-state index contributed by atoms with van der Waals surface area (Å²) >= 11 is 0. The van der Waals surface area contributed by atoms with E-state index in [0.29, 0.717) is 18.6 Å². The third kappa shape index (κ3) is 11.5. The lowest BCUT2D eigenvalue weighted by Crippen LogP contribution is -2.43. The molecule has 1 unspecified atom stereocenters. The monoisotopic (exact) mass is 403 g/mol. The summed E-state index contributed by atoms with van der Waals surface area (Å²) in [5.41, 5.74) is 6.03. The largest absolute Gasteiger partial charge is 0.494 e. The Morgan fingerprint density at radius 2 is 1.45 bits per heavy atom. The highest BCUT2D eigenvalue weighted by molar-refractivity contribution is 5.97. The lowest BCUT2D eigenvalue weighted by molar-refractivity contribution is 0.0946. The summed E-state index contributed by atoms with van der Waals surface area (Å²) in [6.45, 7) is 4.86. The molecule has 1 atom stereocenters. The van der Waals surface area contributed by atoms with Gasteiger partial charge in [-0.2, -0.15) is 0 Å². The van der Waals surface area contributed by atoms with Crippen LogP contribution in [0.15, 0.2) is 24.3 Å².